The maximum atomic E-state index is 12.2. The molecular weight excluding hydrogens is 326 g/mol. The number of anilines is 1. The predicted molar refractivity (Wildman–Crippen MR) is 105 cm³/mol. The van der Waals surface area contributed by atoms with Gasteiger partial charge in [-0.3, -0.25) is 4.79 Å². The van der Waals surface area contributed by atoms with Crippen LogP contribution in [0.4, 0.5) is 10.5 Å². The summed E-state index contributed by atoms with van der Waals surface area (Å²) < 4.78 is 0. The van der Waals surface area contributed by atoms with Crippen LogP contribution in [0.15, 0.2) is 61.2 Å². The van der Waals surface area contributed by atoms with E-state index in [9.17, 15) is 9.59 Å². The first-order valence-electron chi connectivity index (χ1n) is 8.69. The van der Waals surface area contributed by atoms with Gasteiger partial charge >= 0.3 is 6.03 Å². The highest BCUT2D eigenvalue weighted by atomic mass is 16.2. The summed E-state index contributed by atoms with van der Waals surface area (Å²) in [5, 5.41) is 8.39. The molecule has 3 N–H and O–H groups in total. The molecule has 5 heteroatoms. The fraction of sp³-hybridized carbons (Fsp3) is 0.238. The summed E-state index contributed by atoms with van der Waals surface area (Å²) in [5.41, 5.74) is 3.47. The van der Waals surface area contributed by atoms with E-state index in [1.165, 1.54) is 5.56 Å². The first kappa shape index (κ1) is 19.2. The Kier molecular flexibility index (Phi) is 6.97. The summed E-state index contributed by atoms with van der Waals surface area (Å²) in [6.07, 6.45) is 2.61. The lowest BCUT2D eigenvalue weighted by molar-refractivity contribution is 0.0958. The van der Waals surface area contributed by atoms with Gasteiger partial charge in [0.25, 0.3) is 5.91 Å². The SMILES string of the molecule is C=CCNC(=O)c1ccc(NC(=O)NC(C)c2ccc(CC)cc2)cc1. The Hall–Kier alpha value is -3.08. The highest BCUT2D eigenvalue weighted by molar-refractivity contribution is 5.95. The van der Waals surface area contributed by atoms with E-state index >= 15 is 0 Å². The molecule has 1 atom stereocenters. The van der Waals surface area contributed by atoms with Crippen molar-refractivity contribution in [1.29, 1.82) is 0 Å². The van der Waals surface area contributed by atoms with Crippen LogP contribution in [-0.4, -0.2) is 18.5 Å². The molecule has 0 bridgehead atoms. The molecule has 0 aliphatic carbocycles. The Morgan fingerprint density at radius 2 is 1.73 bits per heavy atom. The minimum Gasteiger partial charge on any atom is -0.349 e. The highest BCUT2D eigenvalue weighted by Crippen LogP contribution is 2.15. The van der Waals surface area contributed by atoms with Crippen LogP contribution >= 0.6 is 0 Å². The van der Waals surface area contributed by atoms with Crippen molar-refractivity contribution in [3.8, 4) is 0 Å². The van der Waals surface area contributed by atoms with E-state index in [1.807, 2.05) is 19.1 Å². The molecule has 3 amide bonds. The van der Waals surface area contributed by atoms with Crippen molar-refractivity contribution in [1.82, 2.24) is 10.6 Å². The van der Waals surface area contributed by atoms with Gasteiger partial charge in [-0.15, -0.1) is 6.58 Å². The minimum atomic E-state index is -0.291. The Balaban J connectivity index is 1.90. The molecule has 0 saturated carbocycles. The van der Waals surface area contributed by atoms with E-state index in [2.05, 4.69) is 41.6 Å². The lowest BCUT2D eigenvalue weighted by Gasteiger charge is -2.15. The van der Waals surface area contributed by atoms with E-state index in [-0.39, 0.29) is 18.0 Å². The van der Waals surface area contributed by atoms with Crippen molar-refractivity contribution in [2.24, 2.45) is 0 Å². The van der Waals surface area contributed by atoms with Gasteiger partial charge in [0.2, 0.25) is 0 Å². The third-order valence-electron chi connectivity index (χ3n) is 4.05. The molecule has 0 aromatic heterocycles. The second kappa shape index (κ2) is 9.42. The van der Waals surface area contributed by atoms with Crippen LogP contribution in [0.2, 0.25) is 0 Å². The zero-order valence-electron chi connectivity index (χ0n) is 15.2. The van der Waals surface area contributed by atoms with Crippen molar-refractivity contribution < 1.29 is 9.59 Å². The molecule has 2 rings (SSSR count). The first-order valence-corrected chi connectivity index (χ1v) is 8.69. The molecule has 0 aliphatic rings. The van der Waals surface area contributed by atoms with Gasteiger partial charge in [0.05, 0.1) is 6.04 Å². The molecule has 2 aromatic carbocycles. The van der Waals surface area contributed by atoms with Gasteiger partial charge in [-0.25, -0.2) is 4.79 Å². The third kappa shape index (κ3) is 5.48. The van der Waals surface area contributed by atoms with E-state index in [4.69, 9.17) is 0 Å². The van der Waals surface area contributed by atoms with Crippen LogP contribution in [0, 0.1) is 0 Å². The van der Waals surface area contributed by atoms with Crippen molar-refractivity contribution in [3.63, 3.8) is 0 Å². The molecule has 0 fully saturated rings. The van der Waals surface area contributed by atoms with Gasteiger partial charge in [-0.05, 0) is 48.7 Å². The number of urea groups is 1. The van der Waals surface area contributed by atoms with Crippen LogP contribution in [0.25, 0.3) is 0 Å². The Bertz CT molecular complexity index is 752. The highest BCUT2D eigenvalue weighted by Gasteiger charge is 2.10. The molecule has 0 aliphatic heterocycles. The average molecular weight is 351 g/mol. The number of benzene rings is 2. The summed E-state index contributed by atoms with van der Waals surface area (Å²) >= 11 is 0. The van der Waals surface area contributed by atoms with Crippen LogP contribution in [0.1, 0.15) is 41.4 Å². The molecule has 0 spiro atoms. The topological polar surface area (TPSA) is 70.2 Å². The molecule has 0 radical (unpaired) electrons. The minimum absolute atomic E-state index is 0.107. The molecule has 5 nitrogen and oxygen atoms in total. The van der Waals surface area contributed by atoms with Crippen molar-refractivity contribution in [2.45, 2.75) is 26.3 Å². The number of hydrogen-bond donors (Lipinski definition) is 3. The third-order valence-corrected chi connectivity index (χ3v) is 4.05. The number of aryl methyl sites for hydroxylation is 1. The largest absolute Gasteiger partial charge is 0.349 e. The van der Waals surface area contributed by atoms with Crippen LogP contribution in [-0.2, 0) is 6.42 Å². The second-order valence-corrected chi connectivity index (χ2v) is 5.99. The first-order chi connectivity index (χ1) is 12.5. The summed E-state index contributed by atoms with van der Waals surface area (Å²) in [4.78, 5) is 24.0. The molecule has 2 aromatic rings. The summed E-state index contributed by atoms with van der Waals surface area (Å²) in [6.45, 7) is 8.02. The van der Waals surface area contributed by atoms with Crippen LogP contribution in [0.3, 0.4) is 0 Å². The fourth-order valence-electron chi connectivity index (χ4n) is 2.46. The van der Waals surface area contributed by atoms with Crippen molar-refractivity contribution in [2.75, 3.05) is 11.9 Å². The van der Waals surface area contributed by atoms with E-state index in [0.29, 0.717) is 17.8 Å². The zero-order chi connectivity index (χ0) is 18.9. The Labute approximate surface area is 154 Å². The number of amides is 3. The second-order valence-electron chi connectivity index (χ2n) is 5.99. The van der Waals surface area contributed by atoms with Gasteiger partial charge in [-0.1, -0.05) is 37.3 Å². The fourth-order valence-corrected chi connectivity index (χ4v) is 2.46. The van der Waals surface area contributed by atoms with Crippen molar-refractivity contribution >= 4 is 17.6 Å². The molecule has 136 valence electrons. The molecule has 0 saturated heterocycles. The van der Waals surface area contributed by atoms with E-state index < -0.39 is 0 Å². The monoisotopic (exact) mass is 351 g/mol. The van der Waals surface area contributed by atoms with E-state index in [0.717, 1.165) is 12.0 Å². The van der Waals surface area contributed by atoms with Crippen molar-refractivity contribution in [3.05, 3.63) is 77.9 Å². The maximum Gasteiger partial charge on any atom is 0.319 e. The lowest BCUT2D eigenvalue weighted by Crippen LogP contribution is -2.31. The smallest absolute Gasteiger partial charge is 0.319 e. The molecule has 1 unspecified atom stereocenters. The number of carbonyl (C=O) groups excluding carboxylic acids is 2. The zero-order valence-corrected chi connectivity index (χ0v) is 15.2. The molecule has 26 heavy (non-hydrogen) atoms. The molecular formula is C21H25N3O2. The summed E-state index contributed by atoms with van der Waals surface area (Å²) in [5.74, 6) is -0.176. The number of carbonyl (C=O) groups is 2. The van der Waals surface area contributed by atoms with E-state index in [1.54, 1.807) is 30.3 Å². The average Bonchev–Trinajstić information content (AvgIpc) is 2.66. The predicted octanol–water partition coefficient (Wildman–Crippen LogP) is 4.05. The number of hydrogen-bond acceptors (Lipinski definition) is 2. The quantitative estimate of drug-likeness (QED) is 0.659. The van der Waals surface area contributed by atoms with Gasteiger partial charge in [-0.2, -0.15) is 0 Å². The van der Waals surface area contributed by atoms with Crippen LogP contribution < -0.4 is 16.0 Å². The summed E-state index contributed by atoms with van der Waals surface area (Å²) in [6, 6.07) is 14.5. The normalized spacial score (nSPS) is 11.3. The molecule has 0 heterocycles. The Morgan fingerprint density at radius 1 is 1.08 bits per heavy atom. The van der Waals surface area contributed by atoms with Gasteiger partial charge in [0, 0.05) is 17.8 Å². The summed E-state index contributed by atoms with van der Waals surface area (Å²) in [7, 11) is 0. The Morgan fingerprint density at radius 3 is 2.31 bits per heavy atom. The maximum absolute atomic E-state index is 12.2. The number of nitrogens with one attached hydrogen (secondary N) is 3. The van der Waals surface area contributed by atoms with Gasteiger partial charge in [0.15, 0.2) is 0 Å². The lowest BCUT2D eigenvalue weighted by atomic mass is 10.1. The standard InChI is InChI=1S/C21H25N3O2/c1-4-14-22-20(25)18-10-12-19(13-11-18)24-21(26)23-15(3)17-8-6-16(5-2)7-9-17/h4,6-13,15H,1,5,14H2,2-3H3,(H,22,25)(H2,23,24,26). The van der Waals surface area contributed by atoms with Gasteiger partial charge in [0.1, 0.15) is 0 Å². The number of rotatable bonds is 7. The van der Waals surface area contributed by atoms with Crippen LogP contribution in [0.5, 0.6) is 0 Å². The van der Waals surface area contributed by atoms with Gasteiger partial charge < -0.3 is 16.0 Å².